The fourth-order valence-corrected chi connectivity index (χ4v) is 4.01. The molecule has 1 aromatic heterocycles. The van der Waals surface area contributed by atoms with E-state index >= 15 is 0 Å². The lowest BCUT2D eigenvalue weighted by Gasteiger charge is -2.10. The maximum absolute atomic E-state index is 13.2. The molecule has 112 valence electrons. The van der Waals surface area contributed by atoms with Crippen LogP contribution in [0.2, 0.25) is 0 Å². The van der Waals surface area contributed by atoms with E-state index in [1.165, 1.54) is 18.2 Å². The fraction of sp³-hybridized carbons (Fsp3) is 0.154. The highest BCUT2D eigenvalue weighted by Crippen LogP contribution is 2.27. The zero-order chi connectivity index (χ0) is 15.6. The number of hydrogen-bond donors (Lipinski definition) is 2. The molecular formula is C13H12FNO4S2. The van der Waals surface area contributed by atoms with Gasteiger partial charge < -0.3 is 5.11 Å². The van der Waals surface area contributed by atoms with E-state index in [0.717, 1.165) is 17.4 Å². The molecule has 0 aliphatic heterocycles. The van der Waals surface area contributed by atoms with E-state index in [-0.39, 0.29) is 17.0 Å². The van der Waals surface area contributed by atoms with Crippen molar-refractivity contribution in [2.45, 2.75) is 18.2 Å². The van der Waals surface area contributed by atoms with E-state index in [1.54, 1.807) is 12.3 Å². The molecule has 0 fully saturated rings. The van der Waals surface area contributed by atoms with Gasteiger partial charge in [0.25, 0.3) is 10.0 Å². The number of aryl methyl sites for hydroxylation is 1. The van der Waals surface area contributed by atoms with Crippen molar-refractivity contribution in [3.63, 3.8) is 0 Å². The number of rotatable bonds is 5. The number of thiophene rings is 1. The lowest BCUT2D eigenvalue weighted by Crippen LogP contribution is -2.15. The van der Waals surface area contributed by atoms with Crippen LogP contribution in [0.15, 0.2) is 34.5 Å². The number of benzene rings is 1. The number of aliphatic carboxylic acids is 1. The number of hydrogen-bond acceptors (Lipinski definition) is 4. The zero-order valence-electron chi connectivity index (χ0n) is 11.0. The van der Waals surface area contributed by atoms with Gasteiger partial charge in [-0.1, -0.05) is 6.07 Å². The molecule has 0 radical (unpaired) electrons. The minimum Gasteiger partial charge on any atom is -0.481 e. The Kier molecular flexibility index (Phi) is 4.29. The Morgan fingerprint density at radius 2 is 2.10 bits per heavy atom. The molecule has 2 rings (SSSR count). The molecule has 0 unspecified atom stereocenters. The first kappa shape index (κ1) is 15.5. The van der Waals surface area contributed by atoms with Crippen LogP contribution in [0.5, 0.6) is 0 Å². The summed E-state index contributed by atoms with van der Waals surface area (Å²) in [4.78, 5) is 11.0. The van der Waals surface area contributed by atoms with Gasteiger partial charge in [-0.25, -0.2) is 12.8 Å². The lowest BCUT2D eigenvalue weighted by molar-refractivity contribution is -0.136. The normalized spacial score (nSPS) is 11.3. The summed E-state index contributed by atoms with van der Waals surface area (Å²) < 4.78 is 40.1. The van der Waals surface area contributed by atoms with E-state index < -0.39 is 21.8 Å². The van der Waals surface area contributed by atoms with Crippen LogP contribution < -0.4 is 4.72 Å². The highest BCUT2D eigenvalue weighted by Gasteiger charge is 2.20. The zero-order valence-corrected chi connectivity index (χ0v) is 12.6. The number of carboxylic acid groups (broad SMARTS) is 1. The van der Waals surface area contributed by atoms with Crippen LogP contribution in [-0.2, 0) is 21.2 Å². The van der Waals surface area contributed by atoms with Gasteiger partial charge in [0.2, 0.25) is 0 Å². The van der Waals surface area contributed by atoms with Crippen molar-refractivity contribution < 1.29 is 22.7 Å². The molecule has 5 nitrogen and oxygen atoms in total. The molecule has 1 aromatic carbocycles. The third-order valence-electron chi connectivity index (χ3n) is 2.74. The molecule has 0 aliphatic carbocycles. The highest BCUT2D eigenvalue weighted by molar-refractivity contribution is 7.92. The molecule has 0 aliphatic rings. The molecule has 0 bridgehead atoms. The molecule has 1 heterocycles. The van der Waals surface area contributed by atoms with E-state index in [9.17, 15) is 17.6 Å². The van der Waals surface area contributed by atoms with Crippen LogP contribution >= 0.6 is 11.3 Å². The van der Waals surface area contributed by atoms with Gasteiger partial charge in [-0.15, -0.1) is 11.3 Å². The standard InChI is InChI=1S/C13H12FNO4S2/c1-8-2-3-9(14)6-12(8)21(18,19)15-10-4-5-20-11(10)7-13(16)17/h2-6,15H,7H2,1H3,(H,16,17). The van der Waals surface area contributed by atoms with Gasteiger partial charge in [-0.2, -0.15) is 0 Å². The molecule has 21 heavy (non-hydrogen) atoms. The average Bonchev–Trinajstić information content (AvgIpc) is 2.78. The summed E-state index contributed by atoms with van der Waals surface area (Å²) >= 11 is 1.14. The van der Waals surface area contributed by atoms with Gasteiger partial charge >= 0.3 is 5.97 Å². The van der Waals surface area contributed by atoms with Crippen LogP contribution in [0.3, 0.4) is 0 Å². The number of sulfonamides is 1. The third kappa shape index (κ3) is 3.59. The number of halogens is 1. The van der Waals surface area contributed by atoms with Gasteiger partial charge in [-0.3, -0.25) is 9.52 Å². The summed E-state index contributed by atoms with van der Waals surface area (Å²) in [6.07, 6.45) is -0.280. The van der Waals surface area contributed by atoms with Gasteiger partial charge in [-0.05, 0) is 36.1 Å². The van der Waals surface area contributed by atoms with Crippen molar-refractivity contribution >= 4 is 33.0 Å². The van der Waals surface area contributed by atoms with E-state index in [4.69, 9.17) is 5.11 Å². The Labute approximate surface area is 125 Å². The second-order valence-corrected chi connectivity index (χ2v) is 6.99. The molecule has 2 aromatic rings. The summed E-state index contributed by atoms with van der Waals surface area (Å²) in [7, 11) is -3.97. The molecule has 0 saturated carbocycles. The van der Waals surface area contributed by atoms with Crippen molar-refractivity contribution in [3.05, 3.63) is 45.9 Å². The third-order valence-corrected chi connectivity index (χ3v) is 5.17. The Morgan fingerprint density at radius 3 is 2.76 bits per heavy atom. The predicted molar refractivity (Wildman–Crippen MR) is 77.6 cm³/mol. The molecule has 0 spiro atoms. The number of carbonyl (C=O) groups is 1. The maximum atomic E-state index is 13.2. The first-order valence-electron chi connectivity index (χ1n) is 5.87. The monoisotopic (exact) mass is 329 g/mol. The Bertz CT molecular complexity index is 783. The number of anilines is 1. The van der Waals surface area contributed by atoms with E-state index in [0.29, 0.717) is 10.4 Å². The maximum Gasteiger partial charge on any atom is 0.308 e. The quantitative estimate of drug-likeness (QED) is 0.883. The number of carboxylic acids is 1. The van der Waals surface area contributed by atoms with Gasteiger partial charge in [0, 0.05) is 4.88 Å². The lowest BCUT2D eigenvalue weighted by atomic mass is 10.2. The predicted octanol–water partition coefficient (Wildman–Crippen LogP) is 2.62. The van der Waals surface area contributed by atoms with Crippen LogP contribution in [0.25, 0.3) is 0 Å². The topological polar surface area (TPSA) is 83.5 Å². The van der Waals surface area contributed by atoms with Crippen molar-refractivity contribution in [2.75, 3.05) is 4.72 Å². The Morgan fingerprint density at radius 1 is 1.38 bits per heavy atom. The summed E-state index contributed by atoms with van der Waals surface area (Å²) in [5, 5.41) is 10.4. The number of nitrogens with one attached hydrogen (secondary N) is 1. The van der Waals surface area contributed by atoms with E-state index in [1.807, 2.05) is 0 Å². The Balaban J connectivity index is 2.36. The summed E-state index contributed by atoms with van der Waals surface area (Å²) in [6, 6.07) is 4.96. The van der Waals surface area contributed by atoms with Gasteiger partial charge in [0.05, 0.1) is 17.0 Å². The first-order chi connectivity index (χ1) is 9.79. The fourth-order valence-electron chi connectivity index (χ4n) is 1.77. The van der Waals surface area contributed by atoms with Crippen molar-refractivity contribution in [1.82, 2.24) is 0 Å². The van der Waals surface area contributed by atoms with Crippen LogP contribution in [0.1, 0.15) is 10.4 Å². The second-order valence-electron chi connectivity index (χ2n) is 4.34. The van der Waals surface area contributed by atoms with Crippen LogP contribution in [-0.4, -0.2) is 19.5 Å². The van der Waals surface area contributed by atoms with Crippen molar-refractivity contribution in [3.8, 4) is 0 Å². The molecule has 0 amide bonds. The van der Waals surface area contributed by atoms with Crippen LogP contribution in [0.4, 0.5) is 10.1 Å². The molecule has 2 N–H and O–H groups in total. The Hall–Kier alpha value is -1.93. The molecule has 0 saturated heterocycles. The van der Waals surface area contributed by atoms with Crippen LogP contribution in [0, 0.1) is 12.7 Å². The van der Waals surface area contributed by atoms with E-state index in [2.05, 4.69) is 4.72 Å². The first-order valence-corrected chi connectivity index (χ1v) is 8.23. The molecule has 8 heteroatoms. The minimum atomic E-state index is -3.97. The minimum absolute atomic E-state index is 0.171. The van der Waals surface area contributed by atoms with Crippen molar-refractivity contribution in [1.29, 1.82) is 0 Å². The summed E-state index contributed by atoms with van der Waals surface area (Å²) in [5.74, 6) is -1.71. The smallest absolute Gasteiger partial charge is 0.308 e. The molecular weight excluding hydrogens is 317 g/mol. The SMILES string of the molecule is Cc1ccc(F)cc1S(=O)(=O)Nc1ccsc1CC(=O)O. The summed E-state index contributed by atoms with van der Waals surface area (Å²) in [6.45, 7) is 1.56. The van der Waals surface area contributed by atoms with Gasteiger partial charge in [0.15, 0.2) is 0 Å². The molecule has 0 atom stereocenters. The second kappa shape index (κ2) is 5.82. The van der Waals surface area contributed by atoms with Crippen molar-refractivity contribution in [2.24, 2.45) is 0 Å². The highest BCUT2D eigenvalue weighted by atomic mass is 32.2. The largest absolute Gasteiger partial charge is 0.481 e. The summed E-state index contributed by atoms with van der Waals surface area (Å²) in [5.41, 5.74) is 0.602. The average molecular weight is 329 g/mol. The van der Waals surface area contributed by atoms with Gasteiger partial charge in [0.1, 0.15) is 5.82 Å².